The molecule has 0 aliphatic rings. The fraction of sp³-hybridized carbons (Fsp3) is 0.214. The van der Waals surface area contributed by atoms with Gasteiger partial charge in [0.2, 0.25) is 0 Å². The Bertz CT molecular complexity index is 656. The number of nitrogens with one attached hydrogen (secondary N) is 1. The van der Waals surface area contributed by atoms with Gasteiger partial charge in [-0.15, -0.1) is 0 Å². The van der Waals surface area contributed by atoms with E-state index in [0.29, 0.717) is 17.3 Å². The van der Waals surface area contributed by atoms with Crippen LogP contribution >= 0.6 is 0 Å². The molecule has 6 nitrogen and oxygen atoms in total. The minimum absolute atomic E-state index is 0.0112. The van der Waals surface area contributed by atoms with Crippen LogP contribution in [-0.4, -0.2) is 24.1 Å². The maximum absolute atomic E-state index is 11.0. The van der Waals surface area contributed by atoms with E-state index in [1.54, 1.807) is 14.2 Å². The first-order valence-electron chi connectivity index (χ1n) is 6.04. The van der Waals surface area contributed by atoms with E-state index in [4.69, 9.17) is 4.74 Å². The van der Waals surface area contributed by atoms with Crippen molar-refractivity contribution in [3.63, 3.8) is 0 Å². The normalized spacial score (nSPS) is 10.2. The van der Waals surface area contributed by atoms with Gasteiger partial charge in [0.05, 0.1) is 23.8 Å². The van der Waals surface area contributed by atoms with Gasteiger partial charge in [-0.3, -0.25) is 10.1 Å². The smallest absolute Gasteiger partial charge is 0.275 e. The number of nitro groups is 1. The standard InChI is InChI=1S/C14H15N3O3/c1-9-4-5-13(20-3)11(6-9)12-7-10(17(18)19)8-14(15-2)16-12/h4-8H,1-3H3,(H,15,16). The Morgan fingerprint density at radius 3 is 2.65 bits per heavy atom. The van der Waals surface area contributed by atoms with Crippen molar-refractivity contribution in [1.29, 1.82) is 0 Å². The predicted molar refractivity (Wildman–Crippen MR) is 77.2 cm³/mol. The molecule has 104 valence electrons. The molecule has 1 aromatic carbocycles. The minimum Gasteiger partial charge on any atom is -0.496 e. The van der Waals surface area contributed by atoms with E-state index < -0.39 is 4.92 Å². The zero-order valence-corrected chi connectivity index (χ0v) is 11.5. The molecule has 1 aromatic heterocycles. The highest BCUT2D eigenvalue weighted by Gasteiger charge is 2.15. The number of anilines is 1. The van der Waals surface area contributed by atoms with Crippen LogP contribution in [0.25, 0.3) is 11.3 Å². The van der Waals surface area contributed by atoms with Gasteiger partial charge in [0, 0.05) is 18.7 Å². The lowest BCUT2D eigenvalue weighted by atomic mass is 10.1. The predicted octanol–water partition coefficient (Wildman–Crippen LogP) is 3.02. The van der Waals surface area contributed by atoms with Crippen LogP contribution in [0.5, 0.6) is 5.75 Å². The number of aromatic nitrogens is 1. The summed E-state index contributed by atoms with van der Waals surface area (Å²) >= 11 is 0. The lowest BCUT2D eigenvalue weighted by Crippen LogP contribution is -1.98. The van der Waals surface area contributed by atoms with Crippen LogP contribution < -0.4 is 10.1 Å². The van der Waals surface area contributed by atoms with E-state index in [2.05, 4.69) is 10.3 Å². The minimum atomic E-state index is -0.436. The first-order valence-corrected chi connectivity index (χ1v) is 6.04. The van der Waals surface area contributed by atoms with Crippen LogP contribution in [0, 0.1) is 17.0 Å². The number of benzene rings is 1. The Morgan fingerprint density at radius 1 is 1.30 bits per heavy atom. The molecule has 0 spiro atoms. The van der Waals surface area contributed by atoms with Crippen LogP contribution in [0.2, 0.25) is 0 Å². The molecular weight excluding hydrogens is 258 g/mol. The molecule has 0 saturated carbocycles. The van der Waals surface area contributed by atoms with Gasteiger partial charge in [-0.2, -0.15) is 0 Å². The largest absolute Gasteiger partial charge is 0.496 e. The van der Waals surface area contributed by atoms with E-state index in [1.165, 1.54) is 12.1 Å². The first-order chi connectivity index (χ1) is 9.55. The fourth-order valence-corrected chi connectivity index (χ4v) is 1.91. The third-order valence-electron chi connectivity index (χ3n) is 2.91. The Labute approximate surface area is 116 Å². The Balaban J connectivity index is 2.65. The second-order valence-corrected chi connectivity index (χ2v) is 4.31. The van der Waals surface area contributed by atoms with E-state index in [1.807, 2.05) is 25.1 Å². The van der Waals surface area contributed by atoms with Gasteiger partial charge in [-0.25, -0.2) is 4.98 Å². The van der Waals surface area contributed by atoms with Crippen LogP contribution in [0.4, 0.5) is 11.5 Å². The van der Waals surface area contributed by atoms with Crippen molar-refractivity contribution in [3.05, 3.63) is 46.0 Å². The number of nitrogens with zero attached hydrogens (tertiary/aromatic N) is 2. The van der Waals surface area contributed by atoms with E-state index in [0.717, 1.165) is 11.1 Å². The number of methoxy groups -OCH3 is 1. The number of pyridine rings is 1. The Morgan fingerprint density at radius 2 is 2.05 bits per heavy atom. The first kappa shape index (κ1) is 13.8. The van der Waals surface area contributed by atoms with Crippen LogP contribution in [-0.2, 0) is 0 Å². The molecule has 0 unspecified atom stereocenters. The molecule has 0 radical (unpaired) electrons. The zero-order chi connectivity index (χ0) is 14.7. The number of hydrogen-bond acceptors (Lipinski definition) is 5. The van der Waals surface area contributed by atoms with Crippen molar-refractivity contribution >= 4 is 11.5 Å². The summed E-state index contributed by atoms with van der Waals surface area (Å²) in [6.07, 6.45) is 0. The average molecular weight is 273 g/mol. The molecule has 2 rings (SSSR count). The molecule has 2 aromatic rings. The molecule has 6 heteroatoms. The van der Waals surface area contributed by atoms with E-state index in [9.17, 15) is 10.1 Å². The molecule has 0 amide bonds. The van der Waals surface area contributed by atoms with Gasteiger partial charge in [0.25, 0.3) is 5.69 Å². The average Bonchev–Trinajstić information content (AvgIpc) is 2.46. The zero-order valence-electron chi connectivity index (χ0n) is 11.5. The lowest BCUT2D eigenvalue weighted by Gasteiger charge is -2.10. The third-order valence-corrected chi connectivity index (χ3v) is 2.91. The summed E-state index contributed by atoms with van der Waals surface area (Å²) in [4.78, 5) is 14.9. The molecule has 0 fully saturated rings. The monoisotopic (exact) mass is 273 g/mol. The molecule has 0 atom stereocenters. The second kappa shape index (κ2) is 5.56. The number of aryl methyl sites for hydroxylation is 1. The summed E-state index contributed by atoms with van der Waals surface area (Å²) in [5, 5.41) is 13.8. The van der Waals surface area contributed by atoms with Crippen molar-refractivity contribution in [2.75, 3.05) is 19.5 Å². The summed E-state index contributed by atoms with van der Waals surface area (Å²) < 4.78 is 5.30. The third kappa shape index (κ3) is 2.69. The molecule has 20 heavy (non-hydrogen) atoms. The summed E-state index contributed by atoms with van der Waals surface area (Å²) in [6.45, 7) is 1.94. The number of rotatable bonds is 4. The van der Waals surface area contributed by atoms with E-state index >= 15 is 0 Å². The highest BCUT2D eigenvalue weighted by molar-refractivity contribution is 5.71. The summed E-state index contributed by atoms with van der Waals surface area (Å²) in [7, 11) is 3.23. The van der Waals surface area contributed by atoms with Crippen molar-refractivity contribution in [2.24, 2.45) is 0 Å². The number of hydrogen-bond donors (Lipinski definition) is 1. The number of ether oxygens (including phenoxy) is 1. The summed E-state index contributed by atoms with van der Waals surface area (Å²) in [6, 6.07) is 8.47. The summed E-state index contributed by atoms with van der Waals surface area (Å²) in [5.74, 6) is 1.07. The maximum atomic E-state index is 11.0. The molecule has 0 bridgehead atoms. The lowest BCUT2D eigenvalue weighted by molar-refractivity contribution is -0.384. The Kier molecular flexibility index (Phi) is 3.84. The second-order valence-electron chi connectivity index (χ2n) is 4.31. The van der Waals surface area contributed by atoms with Crippen LogP contribution in [0.1, 0.15) is 5.56 Å². The van der Waals surface area contributed by atoms with Gasteiger partial charge in [-0.1, -0.05) is 11.6 Å². The van der Waals surface area contributed by atoms with Crippen molar-refractivity contribution in [3.8, 4) is 17.0 Å². The SMILES string of the molecule is CNc1cc([N+](=O)[O-])cc(-c2cc(C)ccc2OC)n1. The van der Waals surface area contributed by atoms with Crippen molar-refractivity contribution < 1.29 is 9.66 Å². The molecule has 1 N–H and O–H groups in total. The van der Waals surface area contributed by atoms with Crippen LogP contribution in [0.3, 0.4) is 0 Å². The van der Waals surface area contributed by atoms with Gasteiger partial charge in [-0.05, 0) is 19.1 Å². The van der Waals surface area contributed by atoms with Gasteiger partial charge < -0.3 is 10.1 Å². The van der Waals surface area contributed by atoms with Gasteiger partial charge in [0.15, 0.2) is 0 Å². The topological polar surface area (TPSA) is 77.3 Å². The summed E-state index contributed by atoms with van der Waals surface area (Å²) in [5.41, 5.74) is 2.25. The van der Waals surface area contributed by atoms with Crippen LogP contribution in [0.15, 0.2) is 30.3 Å². The van der Waals surface area contributed by atoms with Crippen molar-refractivity contribution in [1.82, 2.24) is 4.98 Å². The molecular formula is C14H15N3O3. The quantitative estimate of drug-likeness (QED) is 0.684. The molecule has 0 saturated heterocycles. The highest BCUT2D eigenvalue weighted by atomic mass is 16.6. The van der Waals surface area contributed by atoms with Gasteiger partial charge in [0.1, 0.15) is 11.6 Å². The fourth-order valence-electron chi connectivity index (χ4n) is 1.91. The highest BCUT2D eigenvalue weighted by Crippen LogP contribution is 2.32. The van der Waals surface area contributed by atoms with E-state index in [-0.39, 0.29) is 5.69 Å². The Hall–Kier alpha value is -2.63. The maximum Gasteiger partial charge on any atom is 0.275 e. The molecule has 0 aliphatic heterocycles. The van der Waals surface area contributed by atoms with Crippen molar-refractivity contribution in [2.45, 2.75) is 6.92 Å². The molecule has 1 heterocycles. The molecule has 0 aliphatic carbocycles. The van der Waals surface area contributed by atoms with Gasteiger partial charge >= 0.3 is 0 Å².